The van der Waals surface area contributed by atoms with Gasteiger partial charge in [0.15, 0.2) is 0 Å². The topological polar surface area (TPSA) is 83.6 Å². The van der Waals surface area contributed by atoms with Gasteiger partial charge in [-0.1, -0.05) is 12.1 Å². The average Bonchev–Trinajstić information content (AvgIpc) is 3.12. The minimum atomic E-state index is -0.0128. The lowest BCUT2D eigenvalue weighted by Crippen LogP contribution is -2.23. The van der Waals surface area contributed by atoms with Gasteiger partial charge in [0, 0.05) is 49.7 Å². The van der Waals surface area contributed by atoms with Crippen molar-refractivity contribution < 1.29 is 4.79 Å². The second kappa shape index (κ2) is 8.08. The van der Waals surface area contributed by atoms with Gasteiger partial charge in [-0.3, -0.25) is 14.5 Å². The fourth-order valence-corrected chi connectivity index (χ4v) is 2.61. The molecule has 6 heteroatoms. The molecule has 3 aromatic rings. The molecule has 130 valence electrons. The molecular formula is C20H19N5O. The highest BCUT2D eigenvalue weighted by Gasteiger charge is 2.05. The number of hydrogen-bond acceptors (Lipinski definition) is 4. The summed E-state index contributed by atoms with van der Waals surface area (Å²) in [6.07, 6.45) is 8.30. The number of nitriles is 1. The van der Waals surface area contributed by atoms with Crippen LogP contribution in [0.2, 0.25) is 0 Å². The molecule has 2 heterocycles. The van der Waals surface area contributed by atoms with Crippen LogP contribution < -0.4 is 5.32 Å². The van der Waals surface area contributed by atoms with Crippen molar-refractivity contribution in [2.75, 3.05) is 0 Å². The number of nitrogens with one attached hydrogen (secondary N) is 1. The molecule has 0 aliphatic rings. The van der Waals surface area contributed by atoms with E-state index in [2.05, 4.69) is 21.5 Å². The van der Waals surface area contributed by atoms with Gasteiger partial charge in [0.2, 0.25) is 5.91 Å². The number of hydrogen-bond donors (Lipinski definition) is 1. The Labute approximate surface area is 152 Å². The van der Waals surface area contributed by atoms with E-state index in [1.54, 1.807) is 35.4 Å². The third kappa shape index (κ3) is 4.54. The Morgan fingerprint density at radius 2 is 1.96 bits per heavy atom. The third-order valence-electron chi connectivity index (χ3n) is 4.05. The van der Waals surface area contributed by atoms with Crippen molar-refractivity contribution in [3.05, 3.63) is 71.8 Å². The summed E-state index contributed by atoms with van der Waals surface area (Å²) in [4.78, 5) is 16.3. The molecule has 1 amide bonds. The number of amides is 1. The molecule has 26 heavy (non-hydrogen) atoms. The molecule has 0 radical (unpaired) electrons. The van der Waals surface area contributed by atoms with Gasteiger partial charge in [-0.15, -0.1) is 0 Å². The number of benzene rings is 1. The van der Waals surface area contributed by atoms with Gasteiger partial charge in [-0.05, 0) is 35.7 Å². The normalized spacial score (nSPS) is 10.3. The summed E-state index contributed by atoms with van der Waals surface area (Å²) >= 11 is 0. The fourth-order valence-electron chi connectivity index (χ4n) is 2.61. The standard InChI is InChI=1S/C20H19N5O/c1-25-14-19(13-24-25)18-8-17(10-22-12-18)11-23-20(26)7-6-15-2-4-16(9-21)5-3-15/h2-5,8,10,12-14H,6-7,11H2,1H3,(H,23,26). The number of aromatic nitrogens is 3. The predicted octanol–water partition coefficient (Wildman–Crippen LogP) is 2.60. The molecule has 2 aromatic heterocycles. The van der Waals surface area contributed by atoms with Crippen LogP contribution in [0.4, 0.5) is 0 Å². The van der Waals surface area contributed by atoms with Crippen molar-refractivity contribution in [3.8, 4) is 17.2 Å². The molecule has 0 unspecified atom stereocenters. The molecule has 0 aliphatic carbocycles. The van der Waals surface area contributed by atoms with Crippen molar-refractivity contribution in [1.82, 2.24) is 20.1 Å². The van der Waals surface area contributed by atoms with Crippen LogP contribution in [0, 0.1) is 11.3 Å². The van der Waals surface area contributed by atoms with Crippen LogP contribution in [0.15, 0.2) is 55.1 Å². The lowest BCUT2D eigenvalue weighted by Gasteiger charge is -2.07. The first-order valence-corrected chi connectivity index (χ1v) is 8.33. The Kier molecular flexibility index (Phi) is 5.40. The maximum absolute atomic E-state index is 12.1. The lowest BCUT2D eigenvalue weighted by molar-refractivity contribution is -0.121. The van der Waals surface area contributed by atoms with Crippen molar-refractivity contribution in [2.45, 2.75) is 19.4 Å². The highest BCUT2D eigenvalue weighted by molar-refractivity contribution is 5.76. The second-order valence-corrected chi connectivity index (χ2v) is 6.07. The maximum atomic E-state index is 12.1. The molecule has 1 aromatic carbocycles. The number of pyridine rings is 1. The van der Waals surface area contributed by atoms with Crippen LogP contribution in [0.25, 0.3) is 11.1 Å². The molecule has 6 nitrogen and oxygen atoms in total. The van der Waals surface area contributed by atoms with Gasteiger partial charge >= 0.3 is 0 Å². The molecule has 0 spiro atoms. The molecule has 1 N–H and O–H groups in total. The zero-order valence-corrected chi connectivity index (χ0v) is 14.5. The quantitative estimate of drug-likeness (QED) is 0.744. The van der Waals surface area contributed by atoms with Crippen molar-refractivity contribution >= 4 is 5.91 Å². The summed E-state index contributed by atoms with van der Waals surface area (Å²) in [7, 11) is 1.87. The van der Waals surface area contributed by atoms with Crippen LogP contribution in [0.1, 0.15) is 23.1 Å². The van der Waals surface area contributed by atoms with Crippen LogP contribution in [0.5, 0.6) is 0 Å². The Bertz CT molecular complexity index is 937. The van der Waals surface area contributed by atoms with Crippen LogP contribution in [-0.4, -0.2) is 20.7 Å². The Morgan fingerprint density at radius 1 is 1.15 bits per heavy atom. The number of aryl methyl sites for hydroxylation is 2. The van der Waals surface area contributed by atoms with E-state index in [0.717, 1.165) is 22.3 Å². The van der Waals surface area contributed by atoms with Gasteiger partial charge in [-0.25, -0.2) is 0 Å². The number of nitrogens with zero attached hydrogens (tertiary/aromatic N) is 4. The average molecular weight is 345 g/mol. The molecule has 0 bridgehead atoms. The van der Waals surface area contributed by atoms with E-state index in [1.807, 2.05) is 31.4 Å². The Morgan fingerprint density at radius 3 is 2.65 bits per heavy atom. The minimum absolute atomic E-state index is 0.0128. The van der Waals surface area contributed by atoms with E-state index >= 15 is 0 Å². The fraction of sp³-hybridized carbons (Fsp3) is 0.200. The van der Waals surface area contributed by atoms with Crippen molar-refractivity contribution in [1.29, 1.82) is 5.26 Å². The van der Waals surface area contributed by atoms with Gasteiger partial charge in [0.1, 0.15) is 0 Å². The maximum Gasteiger partial charge on any atom is 0.220 e. The number of carbonyl (C=O) groups is 1. The van der Waals surface area contributed by atoms with E-state index in [0.29, 0.717) is 24.9 Å². The van der Waals surface area contributed by atoms with E-state index in [-0.39, 0.29) is 5.91 Å². The molecule has 0 fully saturated rings. The molecule has 0 saturated heterocycles. The smallest absolute Gasteiger partial charge is 0.220 e. The summed E-state index contributed by atoms with van der Waals surface area (Å²) in [6, 6.07) is 11.4. The third-order valence-corrected chi connectivity index (χ3v) is 4.05. The monoisotopic (exact) mass is 345 g/mol. The van der Waals surface area contributed by atoms with Gasteiger partial charge in [-0.2, -0.15) is 10.4 Å². The molecule has 0 atom stereocenters. The molecule has 3 rings (SSSR count). The zero-order chi connectivity index (χ0) is 18.4. The molecule has 0 saturated carbocycles. The zero-order valence-electron chi connectivity index (χ0n) is 14.5. The Balaban J connectivity index is 1.52. The largest absolute Gasteiger partial charge is 0.352 e. The van der Waals surface area contributed by atoms with Gasteiger partial charge in [0.25, 0.3) is 0 Å². The van der Waals surface area contributed by atoms with E-state index in [9.17, 15) is 4.79 Å². The highest BCUT2D eigenvalue weighted by atomic mass is 16.1. The van der Waals surface area contributed by atoms with Crippen molar-refractivity contribution in [3.63, 3.8) is 0 Å². The highest BCUT2D eigenvalue weighted by Crippen LogP contribution is 2.18. The lowest BCUT2D eigenvalue weighted by atomic mass is 10.1. The summed E-state index contributed by atoms with van der Waals surface area (Å²) in [5.74, 6) is -0.0128. The van der Waals surface area contributed by atoms with Crippen LogP contribution >= 0.6 is 0 Å². The first-order chi connectivity index (χ1) is 12.6. The van der Waals surface area contributed by atoms with E-state index in [1.165, 1.54) is 0 Å². The minimum Gasteiger partial charge on any atom is -0.352 e. The summed E-state index contributed by atoms with van der Waals surface area (Å²) in [5.41, 5.74) is 4.58. The van der Waals surface area contributed by atoms with Crippen molar-refractivity contribution in [2.24, 2.45) is 7.05 Å². The first kappa shape index (κ1) is 17.4. The predicted molar refractivity (Wildman–Crippen MR) is 97.8 cm³/mol. The number of carbonyl (C=O) groups excluding carboxylic acids is 1. The second-order valence-electron chi connectivity index (χ2n) is 6.07. The van der Waals surface area contributed by atoms with E-state index in [4.69, 9.17) is 5.26 Å². The number of rotatable bonds is 6. The summed E-state index contributed by atoms with van der Waals surface area (Å²) < 4.78 is 1.74. The molecule has 0 aliphatic heterocycles. The Hall–Kier alpha value is -3.46. The van der Waals surface area contributed by atoms with Crippen LogP contribution in [-0.2, 0) is 24.8 Å². The first-order valence-electron chi connectivity index (χ1n) is 8.33. The summed E-state index contributed by atoms with van der Waals surface area (Å²) in [5, 5.41) is 15.9. The van der Waals surface area contributed by atoms with Crippen LogP contribution in [0.3, 0.4) is 0 Å². The van der Waals surface area contributed by atoms with Gasteiger partial charge in [0.05, 0.1) is 17.8 Å². The van der Waals surface area contributed by atoms with E-state index < -0.39 is 0 Å². The summed E-state index contributed by atoms with van der Waals surface area (Å²) in [6.45, 7) is 0.438. The van der Waals surface area contributed by atoms with Gasteiger partial charge < -0.3 is 5.32 Å². The SMILES string of the molecule is Cn1cc(-c2cncc(CNC(=O)CCc3ccc(C#N)cc3)c2)cn1. The molecular weight excluding hydrogens is 326 g/mol.